The SMILES string of the molecule is CC(=O)Nc1ccn(C(=O)N2CCC3(CCCN3C(=O)OC(C)(C)C)CC2)n1.CC(=O)Nc1ccn(C(=O)Oc2ccc([N+](=O)[O-])cc2)n1.CC(C)(C)OC(=O)N1CCCC12CCNCC2. The molecule has 0 saturated carbocycles. The zero-order valence-electron chi connectivity index (χ0n) is 39.1. The van der Waals surface area contributed by atoms with Gasteiger partial charge in [-0.3, -0.25) is 19.7 Å². The first-order valence-corrected chi connectivity index (χ1v) is 22.1. The number of carbonyl (C=O) groups is 6. The molecule has 2 spiro atoms. The number of hydrogen-bond acceptors (Lipinski definition) is 14. The van der Waals surface area contributed by atoms with Gasteiger partial charge in [-0.05, 0) is 118 Å². The Morgan fingerprint density at radius 1 is 0.652 bits per heavy atom. The highest BCUT2D eigenvalue weighted by molar-refractivity contribution is 5.88. The van der Waals surface area contributed by atoms with Crippen LogP contribution in [-0.4, -0.2) is 137 Å². The summed E-state index contributed by atoms with van der Waals surface area (Å²) in [5.74, 6) is 0.150. The van der Waals surface area contributed by atoms with Crippen molar-refractivity contribution in [3.8, 4) is 5.75 Å². The van der Waals surface area contributed by atoms with Gasteiger partial charge in [0.1, 0.15) is 17.0 Å². The molecule has 360 valence electrons. The van der Waals surface area contributed by atoms with Crippen LogP contribution in [0, 0.1) is 10.1 Å². The number of carbonyl (C=O) groups excluding carboxylic acids is 6. The van der Waals surface area contributed by atoms with Gasteiger partial charge in [-0.15, -0.1) is 10.2 Å². The minimum atomic E-state index is -0.805. The molecule has 3 aromatic rings. The van der Waals surface area contributed by atoms with Crippen molar-refractivity contribution in [2.75, 3.05) is 49.9 Å². The van der Waals surface area contributed by atoms with Gasteiger partial charge in [0.25, 0.3) is 5.69 Å². The van der Waals surface area contributed by atoms with Crippen molar-refractivity contribution in [1.29, 1.82) is 0 Å². The molecule has 4 fully saturated rings. The quantitative estimate of drug-likeness (QED) is 0.184. The molecule has 2 aromatic heterocycles. The van der Waals surface area contributed by atoms with Gasteiger partial charge in [0.2, 0.25) is 11.8 Å². The predicted octanol–water partition coefficient (Wildman–Crippen LogP) is 6.61. The smallest absolute Gasteiger partial charge is 0.440 e. The Hall–Kier alpha value is -6.58. The summed E-state index contributed by atoms with van der Waals surface area (Å²) in [4.78, 5) is 86.8. The first kappa shape index (κ1) is 50.4. The van der Waals surface area contributed by atoms with Crippen LogP contribution in [0.3, 0.4) is 0 Å². The number of likely N-dealkylation sites (tertiary alicyclic amines) is 3. The van der Waals surface area contributed by atoms with E-state index in [4.69, 9.17) is 14.2 Å². The lowest BCUT2D eigenvalue weighted by Gasteiger charge is -2.44. The Labute approximate surface area is 383 Å². The largest absolute Gasteiger partial charge is 0.444 e. The molecule has 0 bridgehead atoms. The van der Waals surface area contributed by atoms with E-state index in [-0.39, 0.29) is 58.4 Å². The maximum absolute atomic E-state index is 12.7. The second-order valence-corrected chi connectivity index (χ2v) is 18.7. The summed E-state index contributed by atoms with van der Waals surface area (Å²) < 4.78 is 18.2. The fraction of sp³-hybridized carbons (Fsp3) is 0.591. The van der Waals surface area contributed by atoms with E-state index >= 15 is 0 Å². The van der Waals surface area contributed by atoms with Gasteiger partial charge in [-0.1, -0.05) is 0 Å². The third-order valence-electron chi connectivity index (χ3n) is 11.3. The third-order valence-corrected chi connectivity index (χ3v) is 11.3. The number of ether oxygens (including phenoxy) is 3. The van der Waals surface area contributed by atoms with Crippen LogP contribution in [0.5, 0.6) is 5.75 Å². The van der Waals surface area contributed by atoms with Crippen LogP contribution in [0.25, 0.3) is 0 Å². The number of non-ortho nitro benzene ring substituents is 1. The van der Waals surface area contributed by atoms with E-state index in [1.807, 2.05) is 51.3 Å². The molecule has 0 atom stereocenters. The summed E-state index contributed by atoms with van der Waals surface area (Å²) in [5.41, 5.74) is -1.18. The summed E-state index contributed by atoms with van der Waals surface area (Å²) in [6.07, 6.45) is 9.35. The number of amides is 5. The zero-order chi connectivity index (χ0) is 48.5. The molecule has 7 rings (SSSR count). The Morgan fingerprint density at radius 2 is 1.11 bits per heavy atom. The summed E-state index contributed by atoms with van der Waals surface area (Å²) in [5, 5.41) is 26.7. The second kappa shape index (κ2) is 21.2. The van der Waals surface area contributed by atoms with Crippen LogP contribution in [0.15, 0.2) is 48.8 Å². The monoisotopic (exact) mass is 921 g/mol. The van der Waals surface area contributed by atoms with E-state index in [9.17, 15) is 38.9 Å². The number of nitrogens with one attached hydrogen (secondary N) is 3. The van der Waals surface area contributed by atoms with Gasteiger partial charge in [-0.25, -0.2) is 19.2 Å². The number of nitro groups is 1. The van der Waals surface area contributed by atoms with E-state index in [1.54, 1.807) is 17.2 Å². The fourth-order valence-electron chi connectivity index (χ4n) is 8.41. The average Bonchev–Trinajstić information content (AvgIpc) is 4.05. The number of rotatable bonds is 4. The molecule has 22 heteroatoms. The lowest BCUT2D eigenvalue weighted by molar-refractivity contribution is -0.384. The van der Waals surface area contributed by atoms with Crippen molar-refractivity contribution >= 4 is 53.4 Å². The summed E-state index contributed by atoms with van der Waals surface area (Å²) >= 11 is 0. The van der Waals surface area contributed by atoms with Crippen LogP contribution in [0.4, 0.5) is 36.5 Å². The van der Waals surface area contributed by atoms with Crippen molar-refractivity contribution < 1.29 is 47.9 Å². The van der Waals surface area contributed by atoms with Crippen molar-refractivity contribution in [1.82, 2.24) is 39.6 Å². The number of aromatic nitrogens is 4. The van der Waals surface area contributed by atoms with Gasteiger partial charge in [0.15, 0.2) is 11.6 Å². The molecule has 5 amide bonds. The highest BCUT2D eigenvalue weighted by Gasteiger charge is 2.48. The number of piperidine rings is 2. The Bertz CT molecular complexity index is 2210. The van der Waals surface area contributed by atoms with E-state index in [1.165, 1.54) is 55.1 Å². The van der Waals surface area contributed by atoms with Crippen molar-refractivity contribution in [3.63, 3.8) is 0 Å². The van der Waals surface area contributed by atoms with E-state index in [2.05, 4.69) is 26.1 Å². The molecule has 4 saturated heterocycles. The standard InChI is InChI=1S/C19H29N5O4.C13H24N2O2.C12H10N4O5/c1-14(25)20-15-6-11-24(21-15)16(26)22-12-8-19(9-13-22)7-5-10-23(19)17(27)28-18(2,3)4;1-12(2,3)17-11(16)15-10-4-5-13(15)6-8-14-9-7-13;1-8(17)13-11-6-7-15(14-11)12(18)21-10-4-2-9(3-5-10)16(19)20/h6,11H,5,7-10,12-13H2,1-4H3,(H,20,21,25);14H,4-10H2,1-3H3;2-7H,1H3,(H,13,14,17). The predicted molar refractivity (Wildman–Crippen MR) is 241 cm³/mol. The van der Waals surface area contributed by atoms with Gasteiger partial charge < -0.3 is 44.9 Å². The molecule has 4 aliphatic rings. The summed E-state index contributed by atoms with van der Waals surface area (Å²) in [6, 6.07) is 7.82. The summed E-state index contributed by atoms with van der Waals surface area (Å²) in [6.45, 7) is 18.8. The number of hydrogen-bond donors (Lipinski definition) is 3. The van der Waals surface area contributed by atoms with Crippen LogP contribution >= 0.6 is 0 Å². The maximum atomic E-state index is 12.7. The molecule has 66 heavy (non-hydrogen) atoms. The van der Waals surface area contributed by atoms with Crippen LogP contribution in [0.2, 0.25) is 0 Å². The number of nitrogens with zero attached hydrogens (tertiary/aromatic N) is 8. The Balaban J connectivity index is 0.000000192. The number of anilines is 2. The number of benzene rings is 1. The van der Waals surface area contributed by atoms with E-state index in [0.29, 0.717) is 25.5 Å². The van der Waals surface area contributed by atoms with Crippen LogP contribution in [-0.2, 0) is 19.1 Å². The van der Waals surface area contributed by atoms with Crippen LogP contribution in [0.1, 0.15) is 107 Å². The molecule has 22 nitrogen and oxygen atoms in total. The van der Waals surface area contributed by atoms with Gasteiger partial charge in [-0.2, -0.15) is 9.36 Å². The third kappa shape index (κ3) is 13.7. The molecule has 1 aromatic carbocycles. The molecular formula is C44H63N11O11. The molecule has 3 N–H and O–H groups in total. The van der Waals surface area contributed by atoms with Gasteiger partial charge >= 0.3 is 24.3 Å². The number of nitro benzene ring substituents is 1. The van der Waals surface area contributed by atoms with Crippen molar-refractivity contribution in [3.05, 3.63) is 58.9 Å². The molecule has 6 heterocycles. The van der Waals surface area contributed by atoms with Crippen LogP contribution < -0.4 is 20.7 Å². The van der Waals surface area contributed by atoms with Gasteiger partial charge in [0, 0.05) is 87.8 Å². The zero-order valence-corrected chi connectivity index (χ0v) is 39.1. The Kier molecular flexibility index (Phi) is 16.2. The van der Waals surface area contributed by atoms with E-state index < -0.39 is 22.2 Å². The fourth-order valence-corrected chi connectivity index (χ4v) is 8.41. The first-order valence-electron chi connectivity index (χ1n) is 22.1. The van der Waals surface area contributed by atoms with E-state index in [0.717, 1.165) is 75.7 Å². The highest BCUT2D eigenvalue weighted by atomic mass is 16.6. The lowest BCUT2D eigenvalue weighted by Crippen LogP contribution is -2.56. The minimum Gasteiger partial charge on any atom is -0.444 e. The van der Waals surface area contributed by atoms with Crippen molar-refractivity contribution in [2.24, 2.45) is 0 Å². The Morgan fingerprint density at radius 3 is 1.56 bits per heavy atom. The average molecular weight is 922 g/mol. The first-order chi connectivity index (χ1) is 31.0. The maximum Gasteiger partial charge on any atom is 0.440 e. The topological polar surface area (TPSA) is 255 Å². The molecule has 0 unspecified atom stereocenters. The van der Waals surface area contributed by atoms with Gasteiger partial charge in [0.05, 0.1) is 4.92 Å². The lowest BCUT2D eigenvalue weighted by atomic mass is 9.85. The molecule has 0 radical (unpaired) electrons. The molecular weight excluding hydrogens is 859 g/mol. The molecule has 4 aliphatic heterocycles. The molecule has 0 aliphatic carbocycles. The normalized spacial score (nSPS) is 17.4. The second-order valence-electron chi connectivity index (χ2n) is 18.7. The summed E-state index contributed by atoms with van der Waals surface area (Å²) in [7, 11) is 0. The van der Waals surface area contributed by atoms with Crippen molar-refractivity contribution in [2.45, 2.75) is 129 Å². The minimum absolute atomic E-state index is 0.0770. The highest BCUT2D eigenvalue weighted by Crippen LogP contribution is 2.40.